The van der Waals surface area contributed by atoms with Crippen LogP contribution in [-0.2, 0) is 10.2 Å². The quantitative estimate of drug-likeness (QED) is 0.608. The lowest BCUT2D eigenvalue weighted by atomic mass is 9.87. The fourth-order valence-corrected chi connectivity index (χ4v) is 3.18. The van der Waals surface area contributed by atoms with Gasteiger partial charge in [0.05, 0.1) is 0 Å². The van der Waals surface area contributed by atoms with Gasteiger partial charge in [0.25, 0.3) is 10.2 Å². The summed E-state index contributed by atoms with van der Waals surface area (Å²) in [4.78, 5) is 0. The van der Waals surface area contributed by atoms with Crippen molar-refractivity contribution in [3.05, 3.63) is 0 Å². The summed E-state index contributed by atoms with van der Waals surface area (Å²) >= 11 is 0. The van der Waals surface area contributed by atoms with Gasteiger partial charge in [0, 0.05) is 13.1 Å². The molecule has 5 nitrogen and oxygen atoms in total. The Morgan fingerprint density at radius 2 is 1.88 bits per heavy atom. The Hall–Kier alpha value is -0.170. The number of nitrogens with one attached hydrogen (secondary N) is 2. The lowest BCUT2D eigenvalue weighted by Gasteiger charge is -2.27. The normalized spacial score (nSPS) is 20.1. The second-order valence-corrected chi connectivity index (χ2v) is 6.21. The van der Waals surface area contributed by atoms with E-state index < -0.39 is 10.2 Å². The Morgan fingerprint density at radius 1 is 1.25 bits per heavy atom. The first-order valence-electron chi connectivity index (χ1n) is 5.98. The minimum absolute atomic E-state index is 0.0129. The Labute approximate surface area is 98.4 Å². The lowest BCUT2D eigenvalue weighted by molar-refractivity contribution is 0.309. The van der Waals surface area contributed by atoms with Gasteiger partial charge in [0.1, 0.15) is 0 Å². The second kappa shape index (κ2) is 5.95. The molecule has 4 N–H and O–H groups in total. The van der Waals surface area contributed by atoms with Crippen molar-refractivity contribution >= 4 is 10.2 Å². The van der Waals surface area contributed by atoms with E-state index in [4.69, 9.17) is 5.73 Å². The highest BCUT2D eigenvalue weighted by Gasteiger charge is 2.33. The standard InChI is InChI=1S/C10H23N3O2S/c1-2-7-12-16(14,15)13-9-10(8-11)5-3-4-6-10/h12-13H,2-9,11H2,1H3. The van der Waals surface area contributed by atoms with Gasteiger partial charge in [-0.05, 0) is 31.2 Å². The SMILES string of the molecule is CCCNS(=O)(=O)NCC1(CN)CCCC1. The third-order valence-corrected chi connectivity index (χ3v) is 4.39. The monoisotopic (exact) mass is 249 g/mol. The first-order valence-corrected chi connectivity index (χ1v) is 7.46. The Bertz CT molecular complexity index is 297. The zero-order valence-electron chi connectivity index (χ0n) is 9.96. The Balaban J connectivity index is 2.43. The molecule has 0 aromatic heterocycles. The van der Waals surface area contributed by atoms with E-state index in [9.17, 15) is 8.42 Å². The van der Waals surface area contributed by atoms with E-state index in [0.29, 0.717) is 19.6 Å². The zero-order valence-corrected chi connectivity index (χ0v) is 10.8. The van der Waals surface area contributed by atoms with Crippen LogP contribution in [0.5, 0.6) is 0 Å². The lowest BCUT2D eigenvalue weighted by Crippen LogP contribution is -2.45. The molecule has 1 saturated carbocycles. The van der Waals surface area contributed by atoms with Crippen molar-refractivity contribution in [1.82, 2.24) is 9.44 Å². The van der Waals surface area contributed by atoms with Crippen LogP contribution < -0.4 is 15.2 Å². The van der Waals surface area contributed by atoms with E-state index in [0.717, 1.165) is 32.1 Å². The molecule has 0 aromatic carbocycles. The van der Waals surface area contributed by atoms with Gasteiger partial charge in [-0.25, -0.2) is 9.44 Å². The molecule has 0 unspecified atom stereocenters. The fraction of sp³-hybridized carbons (Fsp3) is 1.00. The Morgan fingerprint density at radius 3 is 2.38 bits per heavy atom. The molecule has 0 atom stereocenters. The molecule has 0 radical (unpaired) electrons. The van der Waals surface area contributed by atoms with E-state index in [2.05, 4.69) is 9.44 Å². The van der Waals surface area contributed by atoms with Gasteiger partial charge in [-0.1, -0.05) is 19.8 Å². The maximum absolute atomic E-state index is 11.5. The van der Waals surface area contributed by atoms with Crippen LogP contribution in [0.3, 0.4) is 0 Å². The van der Waals surface area contributed by atoms with Crippen LogP contribution >= 0.6 is 0 Å². The maximum atomic E-state index is 11.5. The number of rotatable bonds is 7. The summed E-state index contributed by atoms with van der Waals surface area (Å²) in [6, 6.07) is 0. The van der Waals surface area contributed by atoms with Crippen molar-refractivity contribution in [2.75, 3.05) is 19.6 Å². The first kappa shape index (κ1) is 13.9. The molecule has 1 rings (SSSR count). The van der Waals surface area contributed by atoms with Gasteiger partial charge in [-0.3, -0.25) is 0 Å². The Kier molecular flexibility index (Phi) is 5.17. The van der Waals surface area contributed by atoms with Gasteiger partial charge in [-0.2, -0.15) is 8.42 Å². The second-order valence-electron chi connectivity index (χ2n) is 4.63. The molecule has 0 amide bonds. The summed E-state index contributed by atoms with van der Waals surface area (Å²) in [5.74, 6) is 0. The van der Waals surface area contributed by atoms with Crippen LogP contribution in [0.1, 0.15) is 39.0 Å². The minimum Gasteiger partial charge on any atom is -0.330 e. The van der Waals surface area contributed by atoms with Crippen molar-refractivity contribution in [3.8, 4) is 0 Å². The van der Waals surface area contributed by atoms with Gasteiger partial charge in [0.2, 0.25) is 0 Å². The molecule has 0 heterocycles. The fourth-order valence-electron chi connectivity index (χ4n) is 2.11. The topological polar surface area (TPSA) is 84.2 Å². The molecule has 0 aliphatic heterocycles. The van der Waals surface area contributed by atoms with E-state index in [1.165, 1.54) is 0 Å². The van der Waals surface area contributed by atoms with Crippen molar-refractivity contribution in [2.45, 2.75) is 39.0 Å². The molecular formula is C10H23N3O2S. The first-order chi connectivity index (χ1) is 7.54. The number of nitrogens with two attached hydrogens (primary N) is 1. The predicted molar refractivity (Wildman–Crippen MR) is 65.2 cm³/mol. The summed E-state index contributed by atoms with van der Waals surface area (Å²) in [6.07, 6.45) is 5.16. The van der Waals surface area contributed by atoms with E-state index in [1.807, 2.05) is 6.92 Å². The third kappa shape index (κ3) is 4.01. The van der Waals surface area contributed by atoms with Crippen molar-refractivity contribution in [1.29, 1.82) is 0 Å². The molecule has 6 heteroatoms. The van der Waals surface area contributed by atoms with Crippen LogP contribution in [-0.4, -0.2) is 28.1 Å². The highest BCUT2D eigenvalue weighted by Crippen LogP contribution is 2.36. The molecule has 1 fully saturated rings. The third-order valence-electron chi connectivity index (χ3n) is 3.28. The van der Waals surface area contributed by atoms with Gasteiger partial charge in [-0.15, -0.1) is 0 Å². The van der Waals surface area contributed by atoms with Crippen molar-refractivity contribution in [2.24, 2.45) is 11.1 Å². The molecular weight excluding hydrogens is 226 g/mol. The molecule has 0 bridgehead atoms. The van der Waals surface area contributed by atoms with Crippen LogP contribution in [0, 0.1) is 5.41 Å². The van der Waals surface area contributed by atoms with Crippen LogP contribution in [0.25, 0.3) is 0 Å². The average Bonchev–Trinajstić information content (AvgIpc) is 2.74. The van der Waals surface area contributed by atoms with Gasteiger partial charge in [0.15, 0.2) is 0 Å². The molecule has 0 aromatic rings. The molecule has 16 heavy (non-hydrogen) atoms. The van der Waals surface area contributed by atoms with Crippen LogP contribution in [0.4, 0.5) is 0 Å². The largest absolute Gasteiger partial charge is 0.330 e. The minimum atomic E-state index is -3.33. The molecule has 0 saturated heterocycles. The summed E-state index contributed by atoms with van der Waals surface area (Å²) in [5.41, 5.74) is 5.73. The van der Waals surface area contributed by atoms with Crippen LogP contribution in [0.15, 0.2) is 0 Å². The summed E-state index contributed by atoms with van der Waals surface area (Å²) in [5, 5.41) is 0. The zero-order chi connectivity index (χ0) is 12.1. The van der Waals surface area contributed by atoms with Crippen molar-refractivity contribution in [3.63, 3.8) is 0 Å². The number of hydrogen-bond donors (Lipinski definition) is 3. The summed E-state index contributed by atoms with van der Waals surface area (Å²) < 4.78 is 28.2. The highest BCUT2D eigenvalue weighted by atomic mass is 32.2. The van der Waals surface area contributed by atoms with E-state index in [-0.39, 0.29) is 5.41 Å². The average molecular weight is 249 g/mol. The van der Waals surface area contributed by atoms with E-state index in [1.54, 1.807) is 0 Å². The summed E-state index contributed by atoms with van der Waals surface area (Å²) in [6.45, 7) is 3.43. The van der Waals surface area contributed by atoms with Gasteiger partial charge >= 0.3 is 0 Å². The maximum Gasteiger partial charge on any atom is 0.276 e. The molecule has 0 spiro atoms. The molecule has 1 aliphatic rings. The van der Waals surface area contributed by atoms with Crippen LogP contribution in [0.2, 0.25) is 0 Å². The predicted octanol–water partition coefficient (Wildman–Crippen LogP) is 0.340. The van der Waals surface area contributed by atoms with Crippen molar-refractivity contribution < 1.29 is 8.42 Å². The molecule has 96 valence electrons. The number of hydrogen-bond acceptors (Lipinski definition) is 3. The highest BCUT2D eigenvalue weighted by molar-refractivity contribution is 7.87. The summed E-state index contributed by atoms with van der Waals surface area (Å²) in [7, 11) is -3.33. The van der Waals surface area contributed by atoms with Gasteiger partial charge < -0.3 is 5.73 Å². The van der Waals surface area contributed by atoms with E-state index >= 15 is 0 Å². The molecule has 1 aliphatic carbocycles. The smallest absolute Gasteiger partial charge is 0.276 e.